The van der Waals surface area contributed by atoms with Crippen molar-refractivity contribution in [3.8, 4) is 5.75 Å². The maximum absolute atomic E-state index is 12.6. The molecule has 1 N–H and O–H groups in total. The van der Waals surface area contributed by atoms with Crippen LogP contribution in [-0.2, 0) is 10.0 Å². The molecule has 1 fully saturated rings. The normalized spacial score (nSPS) is 16.9. The van der Waals surface area contributed by atoms with Crippen molar-refractivity contribution in [1.29, 1.82) is 0 Å². The zero-order chi connectivity index (χ0) is 16.4. The third-order valence-electron chi connectivity index (χ3n) is 3.55. The van der Waals surface area contributed by atoms with E-state index in [1.54, 1.807) is 0 Å². The van der Waals surface area contributed by atoms with E-state index in [1.165, 1.54) is 19.2 Å². The first-order valence-corrected chi connectivity index (χ1v) is 8.19. The number of nitrogens with one attached hydrogen (secondary N) is 1. The highest BCUT2D eigenvalue weighted by Gasteiger charge is 2.36. The van der Waals surface area contributed by atoms with Gasteiger partial charge >= 0.3 is 6.36 Å². The van der Waals surface area contributed by atoms with Crippen molar-refractivity contribution in [2.24, 2.45) is 0 Å². The summed E-state index contributed by atoms with van der Waals surface area (Å²) in [6.45, 7) is 1.34. The summed E-state index contributed by atoms with van der Waals surface area (Å²) in [5, 5.41) is 3.11. The number of piperidine rings is 1. The molecule has 1 heterocycles. The second-order valence-electron chi connectivity index (χ2n) is 5.00. The fourth-order valence-electron chi connectivity index (χ4n) is 2.39. The third-order valence-corrected chi connectivity index (χ3v) is 5.50. The van der Waals surface area contributed by atoms with E-state index in [-0.39, 0.29) is 18.4 Å². The molecule has 0 aromatic heterocycles. The van der Waals surface area contributed by atoms with Gasteiger partial charge in [0.05, 0.1) is 0 Å². The Morgan fingerprint density at radius 1 is 1.22 bits per heavy atom. The van der Waals surface area contributed by atoms with Crippen LogP contribution in [0, 0.1) is 0 Å². The van der Waals surface area contributed by atoms with E-state index in [0.29, 0.717) is 25.9 Å². The lowest BCUT2D eigenvalue weighted by molar-refractivity contribution is -0.275. The minimum atomic E-state index is -4.95. The number of hydrogen-bond donors (Lipinski definition) is 1. The van der Waals surface area contributed by atoms with Crippen LogP contribution in [0.2, 0.25) is 0 Å². The molecule has 1 aromatic carbocycles. The number of hydrogen-bond acceptors (Lipinski definition) is 4. The maximum atomic E-state index is 12.6. The number of benzene rings is 1. The summed E-state index contributed by atoms with van der Waals surface area (Å²) in [5.74, 6) is -0.712. The van der Waals surface area contributed by atoms with Gasteiger partial charge in [0.2, 0.25) is 10.0 Å². The van der Waals surface area contributed by atoms with Crippen molar-refractivity contribution in [3.63, 3.8) is 0 Å². The van der Waals surface area contributed by atoms with Crippen LogP contribution in [0.25, 0.3) is 0 Å². The van der Waals surface area contributed by atoms with Crippen LogP contribution in [0.3, 0.4) is 0 Å². The molecule has 2 rings (SSSR count). The van der Waals surface area contributed by atoms with Gasteiger partial charge in [0.1, 0.15) is 10.6 Å². The van der Waals surface area contributed by atoms with Gasteiger partial charge < -0.3 is 10.1 Å². The Balaban J connectivity index is 0.00000264. The summed E-state index contributed by atoms with van der Waals surface area (Å²) in [7, 11) is -2.68. The van der Waals surface area contributed by atoms with Gasteiger partial charge in [0.25, 0.3) is 0 Å². The Bertz CT molecular complexity index is 619. The van der Waals surface area contributed by atoms with E-state index in [0.717, 1.165) is 16.4 Å². The molecule has 1 saturated heterocycles. The van der Waals surface area contributed by atoms with E-state index >= 15 is 0 Å². The number of halogens is 4. The van der Waals surface area contributed by atoms with Crippen LogP contribution in [0.15, 0.2) is 29.2 Å². The Hall–Kier alpha value is -1.03. The number of ether oxygens (including phenoxy) is 1. The topological polar surface area (TPSA) is 58.6 Å². The highest BCUT2D eigenvalue weighted by Crippen LogP contribution is 2.32. The number of para-hydroxylation sites is 1. The lowest BCUT2D eigenvalue weighted by atomic mass is 10.1. The molecule has 0 bridgehead atoms. The number of nitrogens with zero attached hydrogens (tertiary/aromatic N) is 1. The zero-order valence-corrected chi connectivity index (χ0v) is 14.0. The molecule has 5 nitrogen and oxygen atoms in total. The summed E-state index contributed by atoms with van der Waals surface area (Å²) in [5.41, 5.74) is 0. The van der Waals surface area contributed by atoms with Crippen molar-refractivity contribution in [2.45, 2.75) is 30.1 Å². The summed E-state index contributed by atoms with van der Waals surface area (Å²) in [6.07, 6.45) is -3.73. The van der Waals surface area contributed by atoms with Crippen molar-refractivity contribution in [1.82, 2.24) is 9.62 Å². The van der Waals surface area contributed by atoms with Crippen LogP contribution < -0.4 is 10.1 Å². The van der Waals surface area contributed by atoms with Gasteiger partial charge in [-0.2, -0.15) is 4.31 Å². The lowest BCUT2D eigenvalue weighted by Gasteiger charge is -2.31. The predicted octanol–water partition coefficient (Wildman–Crippen LogP) is 2.38. The number of sulfonamides is 1. The van der Waals surface area contributed by atoms with Crippen molar-refractivity contribution < 1.29 is 26.3 Å². The first-order chi connectivity index (χ1) is 10.2. The fourth-order valence-corrected chi connectivity index (χ4v) is 3.92. The van der Waals surface area contributed by atoms with E-state index in [9.17, 15) is 21.6 Å². The van der Waals surface area contributed by atoms with Crippen LogP contribution in [-0.4, -0.2) is 45.3 Å². The predicted molar refractivity (Wildman–Crippen MR) is 81.2 cm³/mol. The van der Waals surface area contributed by atoms with Gasteiger partial charge in [-0.15, -0.1) is 25.6 Å². The van der Waals surface area contributed by atoms with Gasteiger partial charge in [0, 0.05) is 13.1 Å². The molecule has 0 radical (unpaired) electrons. The average molecular weight is 375 g/mol. The minimum Gasteiger partial charge on any atom is -0.404 e. The number of alkyl halides is 3. The average Bonchev–Trinajstić information content (AvgIpc) is 2.46. The molecule has 0 atom stereocenters. The first kappa shape index (κ1) is 20.0. The molecule has 1 aliphatic heterocycles. The highest BCUT2D eigenvalue weighted by atomic mass is 35.5. The summed E-state index contributed by atoms with van der Waals surface area (Å²) in [4.78, 5) is -0.478. The van der Waals surface area contributed by atoms with E-state index in [4.69, 9.17) is 0 Å². The molecule has 23 heavy (non-hydrogen) atoms. The second-order valence-corrected chi connectivity index (χ2v) is 6.96. The van der Waals surface area contributed by atoms with Crippen LogP contribution >= 0.6 is 12.4 Å². The van der Waals surface area contributed by atoms with Crippen LogP contribution in [0.5, 0.6) is 5.75 Å². The molecule has 1 aromatic rings. The van der Waals surface area contributed by atoms with Gasteiger partial charge in [-0.3, -0.25) is 0 Å². The molecule has 1 aliphatic rings. The largest absolute Gasteiger partial charge is 0.573 e. The van der Waals surface area contributed by atoms with E-state index < -0.39 is 27.0 Å². The zero-order valence-electron chi connectivity index (χ0n) is 12.3. The molecule has 132 valence electrons. The third kappa shape index (κ3) is 4.97. The summed E-state index contributed by atoms with van der Waals surface area (Å²) < 4.78 is 67.4. The highest BCUT2D eigenvalue weighted by molar-refractivity contribution is 7.89. The van der Waals surface area contributed by atoms with Crippen LogP contribution in [0.1, 0.15) is 12.8 Å². The van der Waals surface area contributed by atoms with Crippen LogP contribution in [0.4, 0.5) is 13.2 Å². The Morgan fingerprint density at radius 2 is 1.78 bits per heavy atom. The SMILES string of the molecule is CN(C1CCNCC1)S(=O)(=O)c1ccccc1OC(F)(F)F.Cl. The molecular formula is C13H18ClF3N2O3S. The first-order valence-electron chi connectivity index (χ1n) is 6.75. The molecule has 0 unspecified atom stereocenters. The minimum absolute atomic E-state index is 0. The summed E-state index contributed by atoms with van der Waals surface area (Å²) >= 11 is 0. The van der Waals surface area contributed by atoms with E-state index in [1.807, 2.05) is 0 Å². The van der Waals surface area contributed by atoms with Gasteiger partial charge in [-0.05, 0) is 38.1 Å². The standard InChI is InChI=1S/C13H17F3N2O3S.ClH/c1-18(10-6-8-17-9-7-10)22(19,20)12-5-3-2-4-11(12)21-13(14,15)16;/h2-5,10,17H,6-9H2,1H3;1H. The molecule has 0 saturated carbocycles. The summed E-state index contributed by atoms with van der Waals surface area (Å²) in [6, 6.07) is 4.53. The second kappa shape index (κ2) is 7.69. The van der Waals surface area contributed by atoms with Gasteiger partial charge in [-0.1, -0.05) is 12.1 Å². The Morgan fingerprint density at radius 3 is 2.35 bits per heavy atom. The van der Waals surface area contributed by atoms with Crippen molar-refractivity contribution in [3.05, 3.63) is 24.3 Å². The van der Waals surface area contributed by atoms with Gasteiger partial charge in [0.15, 0.2) is 0 Å². The van der Waals surface area contributed by atoms with Crippen molar-refractivity contribution >= 4 is 22.4 Å². The Kier molecular flexibility index (Phi) is 6.70. The quantitative estimate of drug-likeness (QED) is 0.879. The number of rotatable bonds is 4. The van der Waals surface area contributed by atoms with E-state index in [2.05, 4.69) is 10.1 Å². The Labute approximate surface area is 139 Å². The monoisotopic (exact) mass is 374 g/mol. The molecular weight excluding hydrogens is 357 g/mol. The van der Waals surface area contributed by atoms with Crippen molar-refractivity contribution in [2.75, 3.05) is 20.1 Å². The molecule has 10 heteroatoms. The smallest absolute Gasteiger partial charge is 0.404 e. The molecule has 0 aliphatic carbocycles. The fraction of sp³-hybridized carbons (Fsp3) is 0.538. The lowest BCUT2D eigenvalue weighted by Crippen LogP contribution is -2.44. The maximum Gasteiger partial charge on any atom is 0.573 e. The molecule has 0 spiro atoms. The van der Waals surface area contributed by atoms with Gasteiger partial charge in [-0.25, -0.2) is 8.42 Å². The molecule has 0 amide bonds.